The number of fused-ring (bicyclic) bond motifs is 2. The van der Waals surface area contributed by atoms with Crippen LogP contribution in [0.5, 0.6) is 11.5 Å². The lowest BCUT2D eigenvalue weighted by molar-refractivity contribution is -0.165. The van der Waals surface area contributed by atoms with Crippen LogP contribution >= 0.6 is 0 Å². The van der Waals surface area contributed by atoms with E-state index in [2.05, 4.69) is 36.1 Å². The molecule has 0 aliphatic heterocycles. The van der Waals surface area contributed by atoms with Crippen molar-refractivity contribution in [1.82, 2.24) is 29.1 Å². The van der Waals surface area contributed by atoms with Crippen molar-refractivity contribution >= 4 is 34.0 Å². The highest BCUT2D eigenvalue weighted by Crippen LogP contribution is 2.59. The first-order valence-electron chi connectivity index (χ1n) is 14.5. The SMILES string of the molecule is COc1ccc(CNc2ncnc3c2c(-c2ccc(NCNc4cc(C5(C(F)(F)F)CC5)on4)c4nccn24)cn3C)c(OC)c1. The number of benzene rings is 1. The molecule has 1 fully saturated rings. The van der Waals surface area contributed by atoms with Gasteiger partial charge in [-0.05, 0) is 37.1 Å². The molecule has 1 saturated carbocycles. The van der Waals surface area contributed by atoms with Gasteiger partial charge in [0, 0.05) is 55.4 Å². The van der Waals surface area contributed by atoms with Crippen molar-refractivity contribution in [3.8, 4) is 22.8 Å². The Morgan fingerprint density at radius 1 is 0.978 bits per heavy atom. The minimum Gasteiger partial charge on any atom is -0.497 e. The van der Waals surface area contributed by atoms with Crippen molar-refractivity contribution < 1.29 is 27.2 Å². The molecule has 5 aromatic heterocycles. The highest BCUT2D eigenvalue weighted by Gasteiger charge is 2.66. The maximum absolute atomic E-state index is 13.5. The van der Waals surface area contributed by atoms with Crippen LogP contribution in [0.15, 0.2) is 65.8 Å². The smallest absolute Gasteiger partial charge is 0.401 e. The Morgan fingerprint density at radius 2 is 1.83 bits per heavy atom. The monoisotopic (exact) mass is 633 g/mol. The molecular weight excluding hydrogens is 603 g/mol. The largest absolute Gasteiger partial charge is 0.497 e. The minimum absolute atomic E-state index is 0.00535. The number of ether oxygens (including phenoxy) is 2. The Labute approximate surface area is 260 Å². The average molecular weight is 634 g/mol. The van der Waals surface area contributed by atoms with Gasteiger partial charge in [-0.3, -0.25) is 4.40 Å². The van der Waals surface area contributed by atoms with Crippen LogP contribution in [0.2, 0.25) is 0 Å². The number of methoxy groups -OCH3 is 2. The van der Waals surface area contributed by atoms with Gasteiger partial charge in [-0.15, -0.1) is 0 Å². The Hall–Kier alpha value is -5.47. The van der Waals surface area contributed by atoms with E-state index in [1.807, 2.05) is 58.7 Å². The number of pyridine rings is 1. The molecule has 5 heterocycles. The van der Waals surface area contributed by atoms with Crippen LogP contribution in [0, 0.1) is 0 Å². The van der Waals surface area contributed by atoms with Crippen molar-refractivity contribution in [2.24, 2.45) is 7.05 Å². The fourth-order valence-corrected chi connectivity index (χ4v) is 5.70. The van der Waals surface area contributed by atoms with Crippen molar-refractivity contribution in [2.45, 2.75) is 31.0 Å². The molecule has 1 aromatic carbocycles. The molecule has 1 aliphatic rings. The van der Waals surface area contributed by atoms with Gasteiger partial charge >= 0.3 is 6.18 Å². The van der Waals surface area contributed by atoms with Gasteiger partial charge in [0.2, 0.25) is 0 Å². The molecular formula is C31H30F3N9O3. The third-order valence-electron chi connectivity index (χ3n) is 8.34. The molecule has 0 spiro atoms. The van der Waals surface area contributed by atoms with E-state index in [1.165, 1.54) is 12.4 Å². The number of anilines is 3. The summed E-state index contributed by atoms with van der Waals surface area (Å²) in [5.74, 6) is 2.10. The van der Waals surface area contributed by atoms with Gasteiger partial charge in [0.05, 0.1) is 37.7 Å². The first-order valence-corrected chi connectivity index (χ1v) is 14.5. The summed E-state index contributed by atoms with van der Waals surface area (Å²) >= 11 is 0. The quantitative estimate of drug-likeness (QED) is 0.147. The molecule has 0 amide bonds. The minimum atomic E-state index is -4.37. The van der Waals surface area contributed by atoms with Crippen LogP contribution in [0.3, 0.4) is 0 Å². The van der Waals surface area contributed by atoms with Crippen molar-refractivity contribution in [1.29, 1.82) is 0 Å². The van der Waals surface area contributed by atoms with E-state index in [9.17, 15) is 13.2 Å². The normalized spacial score (nSPS) is 14.0. The third-order valence-corrected chi connectivity index (χ3v) is 8.34. The van der Waals surface area contributed by atoms with E-state index >= 15 is 0 Å². The van der Waals surface area contributed by atoms with Crippen LogP contribution in [0.4, 0.5) is 30.5 Å². The second-order valence-electron chi connectivity index (χ2n) is 11.0. The summed E-state index contributed by atoms with van der Waals surface area (Å²) in [6.07, 6.45) is 2.72. The second kappa shape index (κ2) is 11.2. The molecule has 0 saturated heterocycles. The standard InChI is InChI=1S/C31H30F3N9O3/c1-42-15-20(26-27(39-17-40-29(26)42)36-14-18-4-5-19(44-2)12-23(18)45-3)22-7-6-21(28-35-10-11-43(22)28)37-16-38-25-13-24(46-41-25)30(8-9-30)31(32,33)34/h4-7,10-13,15,17,37H,8-9,14,16H2,1-3H3,(H,38,41)(H,36,39,40). The van der Waals surface area contributed by atoms with Crippen LogP contribution < -0.4 is 25.4 Å². The number of nitrogens with zero attached hydrogens (tertiary/aromatic N) is 6. The first-order chi connectivity index (χ1) is 22.2. The van der Waals surface area contributed by atoms with E-state index in [0.717, 1.165) is 27.9 Å². The molecule has 0 radical (unpaired) electrons. The summed E-state index contributed by atoms with van der Waals surface area (Å²) < 4.78 is 60.2. The summed E-state index contributed by atoms with van der Waals surface area (Å²) in [6, 6.07) is 10.8. The number of aryl methyl sites for hydroxylation is 1. The average Bonchev–Trinajstić information content (AvgIpc) is 3.34. The first kappa shape index (κ1) is 29.3. The maximum atomic E-state index is 13.5. The molecule has 0 atom stereocenters. The molecule has 238 valence electrons. The van der Waals surface area contributed by atoms with Gasteiger partial charge in [0.25, 0.3) is 0 Å². The number of hydrogen-bond donors (Lipinski definition) is 3. The Morgan fingerprint density at radius 3 is 2.59 bits per heavy atom. The lowest BCUT2D eigenvalue weighted by Crippen LogP contribution is -2.28. The molecule has 3 N–H and O–H groups in total. The summed E-state index contributed by atoms with van der Waals surface area (Å²) in [5.41, 5.74) is 2.88. The molecule has 15 heteroatoms. The topological polar surface area (TPSA) is 129 Å². The van der Waals surface area contributed by atoms with Crippen LogP contribution in [-0.2, 0) is 19.0 Å². The fraction of sp³-hybridized carbons (Fsp3) is 0.290. The maximum Gasteiger partial charge on any atom is 0.401 e. The van der Waals surface area contributed by atoms with Crippen LogP contribution in [0.1, 0.15) is 24.2 Å². The van der Waals surface area contributed by atoms with Crippen LogP contribution in [0.25, 0.3) is 27.9 Å². The number of nitrogens with one attached hydrogen (secondary N) is 3. The van der Waals surface area contributed by atoms with Crippen molar-refractivity contribution in [3.63, 3.8) is 0 Å². The van der Waals surface area contributed by atoms with E-state index < -0.39 is 11.6 Å². The van der Waals surface area contributed by atoms with Crippen molar-refractivity contribution in [2.75, 3.05) is 36.8 Å². The van der Waals surface area contributed by atoms with E-state index in [4.69, 9.17) is 14.0 Å². The molecule has 12 nitrogen and oxygen atoms in total. The zero-order valence-electron chi connectivity index (χ0n) is 25.1. The number of hydrogen-bond acceptors (Lipinski definition) is 10. The lowest BCUT2D eigenvalue weighted by Gasteiger charge is -2.15. The van der Waals surface area contributed by atoms with E-state index in [-0.39, 0.29) is 31.1 Å². The zero-order valence-corrected chi connectivity index (χ0v) is 25.1. The van der Waals surface area contributed by atoms with E-state index in [0.29, 0.717) is 35.2 Å². The third kappa shape index (κ3) is 4.97. The van der Waals surface area contributed by atoms with Gasteiger partial charge in [-0.2, -0.15) is 13.2 Å². The van der Waals surface area contributed by atoms with Gasteiger partial charge in [-0.1, -0.05) is 5.16 Å². The Bertz CT molecular complexity index is 2050. The summed E-state index contributed by atoms with van der Waals surface area (Å²) in [5, 5.41) is 14.3. The van der Waals surface area contributed by atoms with Crippen LogP contribution in [-0.4, -0.2) is 56.1 Å². The van der Waals surface area contributed by atoms with E-state index in [1.54, 1.807) is 20.4 Å². The zero-order chi connectivity index (χ0) is 32.1. The predicted molar refractivity (Wildman–Crippen MR) is 165 cm³/mol. The molecule has 46 heavy (non-hydrogen) atoms. The second-order valence-corrected chi connectivity index (χ2v) is 11.0. The van der Waals surface area contributed by atoms with Gasteiger partial charge in [0.15, 0.2) is 17.2 Å². The fourth-order valence-electron chi connectivity index (χ4n) is 5.70. The summed E-state index contributed by atoms with van der Waals surface area (Å²) in [6.45, 7) is 0.631. The number of aromatic nitrogens is 6. The summed E-state index contributed by atoms with van der Waals surface area (Å²) in [4.78, 5) is 13.7. The molecule has 7 rings (SSSR count). The Kier molecular flexibility index (Phi) is 7.09. The molecule has 6 aromatic rings. The summed E-state index contributed by atoms with van der Waals surface area (Å²) in [7, 11) is 5.16. The van der Waals surface area contributed by atoms with Gasteiger partial charge < -0.3 is 34.5 Å². The molecule has 0 unspecified atom stereocenters. The van der Waals surface area contributed by atoms with Crippen molar-refractivity contribution in [3.05, 3.63) is 72.6 Å². The lowest BCUT2D eigenvalue weighted by atomic mass is 10.0. The highest BCUT2D eigenvalue weighted by molar-refractivity contribution is 6.01. The number of alkyl halides is 3. The highest BCUT2D eigenvalue weighted by atomic mass is 19.4. The number of imidazole rings is 1. The molecule has 0 bridgehead atoms. The number of halogens is 3. The Balaban J connectivity index is 1.13. The molecule has 1 aliphatic carbocycles. The van der Waals surface area contributed by atoms with Gasteiger partial charge in [0.1, 0.15) is 34.7 Å². The number of rotatable bonds is 11. The predicted octanol–water partition coefficient (Wildman–Crippen LogP) is 5.98. The van der Waals surface area contributed by atoms with Gasteiger partial charge in [-0.25, -0.2) is 15.0 Å².